The molecule has 1 aliphatic carbocycles. The first-order valence-corrected chi connectivity index (χ1v) is 22.5. The van der Waals surface area contributed by atoms with Crippen LogP contribution in [0.1, 0.15) is 62.3 Å². The van der Waals surface area contributed by atoms with Gasteiger partial charge >= 0.3 is 0 Å². The lowest BCUT2D eigenvalue weighted by Crippen LogP contribution is -2.66. The van der Waals surface area contributed by atoms with Crippen LogP contribution in [0.15, 0.2) is 145 Å². The predicted octanol–water partition coefficient (Wildman–Crippen LogP) is 9.43. The number of para-hydroxylation sites is 1. The number of nitrogens with zero attached hydrogens (tertiary/aromatic N) is 1. The molecular formula is C51H53NO5Si. The van der Waals surface area contributed by atoms with E-state index in [2.05, 4.69) is 112 Å². The number of anilines is 1. The lowest BCUT2D eigenvalue weighted by Gasteiger charge is -2.44. The minimum absolute atomic E-state index is 0.136. The number of phenolic OH excluding ortho intramolecular Hbond substituents is 1. The van der Waals surface area contributed by atoms with Crippen molar-refractivity contribution < 1.29 is 23.9 Å². The molecule has 1 N–H and O–H groups in total. The van der Waals surface area contributed by atoms with Crippen molar-refractivity contribution in [2.75, 3.05) is 18.1 Å². The topological polar surface area (TPSA) is 76.1 Å². The normalized spacial score (nSPS) is 21.1. The number of aromatic hydroxyl groups is 1. The fourth-order valence-corrected chi connectivity index (χ4v) is 14.5. The summed E-state index contributed by atoms with van der Waals surface area (Å²) in [5, 5.41) is 12.7. The molecule has 296 valence electrons. The van der Waals surface area contributed by atoms with E-state index in [1.165, 1.54) is 20.8 Å². The summed E-state index contributed by atoms with van der Waals surface area (Å²) in [6.45, 7) is 11.4. The molecule has 0 unspecified atom stereocenters. The molecular weight excluding hydrogens is 735 g/mol. The minimum Gasteiger partial charge on any atom is -0.507 e. The molecule has 2 aliphatic heterocycles. The Morgan fingerprint density at radius 2 is 1.34 bits per heavy atom. The van der Waals surface area contributed by atoms with E-state index in [4.69, 9.17) is 9.16 Å². The molecule has 0 saturated carbocycles. The first kappa shape index (κ1) is 39.5. The number of fused-ring (bicyclic) bond motifs is 3. The maximum Gasteiger partial charge on any atom is 0.261 e. The highest BCUT2D eigenvalue weighted by Crippen LogP contribution is 2.51. The summed E-state index contributed by atoms with van der Waals surface area (Å²) in [4.78, 5) is 30.2. The Balaban J connectivity index is 1.20. The second-order valence-electron chi connectivity index (χ2n) is 17.2. The maximum absolute atomic E-state index is 14.4. The van der Waals surface area contributed by atoms with Crippen LogP contribution in [0.4, 0.5) is 5.69 Å². The average molecular weight is 788 g/mol. The molecule has 6 nitrogen and oxygen atoms in total. The first-order valence-electron chi connectivity index (χ1n) is 20.6. The van der Waals surface area contributed by atoms with Crippen LogP contribution in [0, 0.1) is 31.6 Å². The number of rotatable bonds is 11. The van der Waals surface area contributed by atoms with Crippen molar-refractivity contribution >= 4 is 47.8 Å². The maximum atomic E-state index is 14.4. The molecule has 0 bridgehead atoms. The molecule has 0 radical (unpaired) electrons. The van der Waals surface area contributed by atoms with E-state index in [-0.39, 0.29) is 28.9 Å². The van der Waals surface area contributed by atoms with E-state index in [0.717, 1.165) is 39.8 Å². The van der Waals surface area contributed by atoms with E-state index >= 15 is 0 Å². The number of ether oxygens (including phenoxy) is 1. The van der Waals surface area contributed by atoms with E-state index < -0.39 is 20.2 Å². The second-order valence-corrected chi connectivity index (χ2v) is 21.5. The molecule has 7 heteroatoms. The van der Waals surface area contributed by atoms with Crippen LogP contribution in [0.25, 0.3) is 11.6 Å². The van der Waals surface area contributed by atoms with Crippen LogP contribution >= 0.6 is 0 Å². The standard InChI is InChI=1S/C51H53NO5Si/c1-34-28-36(29-35(2)48(34)53)30-38(37-18-10-6-11-19-37)26-27-45-46-39(31-43-47(44(46)33-56-45)50(55)52(49(43)54)40-20-12-7-13-21-40)32-57-58(51(3,4)5,41-22-14-8-15-23-41)42-24-16-9-17-25-42/h6-25,28-30,43-45,47,53H,26-27,31-33H2,1-5H3/b38-30-/t43-,44+,45-,47-/m1/s1. The molecule has 3 aliphatic rings. The predicted molar refractivity (Wildman–Crippen MR) is 235 cm³/mol. The lowest BCUT2D eigenvalue weighted by molar-refractivity contribution is -0.122. The van der Waals surface area contributed by atoms with Crippen LogP contribution < -0.4 is 15.3 Å². The number of phenols is 1. The quantitative estimate of drug-likeness (QED) is 0.0625. The third-order valence-electron chi connectivity index (χ3n) is 12.6. The molecule has 2 amide bonds. The van der Waals surface area contributed by atoms with Gasteiger partial charge in [-0.05, 0) is 112 Å². The summed E-state index contributed by atoms with van der Waals surface area (Å²) in [6, 6.07) is 45.1. The smallest absolute Gasteiger partial charge is 0.261 e. The number of imide groups is 1. The third kappa shape index (κ3) is 7.21. The Labute approximate surface area is 344 Å². The molecule has 5 aromatic carbocycles. The number of benzene rings is 5. The summed E-state index contributed by atoms with van der Waals surface area (Å²) in [5.74, 6) is -1.15. The molecule has 0 aromatic heterocycles. The number of carbonyl (C=O) groups is 2. The first-order chi connectivity index (χ1) is 28.0. The largest absolute Gasteiger partial charge is 0.507 e. The van der Waals surface area contributed by atoms with Gasteiger partial charge in [-0.2, -0.15) is 0 Å². The second kappa shape index (κ2) is 16.1. The SMILES string of the molecule is Cc1cc(/C=C(/CC[C@H]2OC[C@H]3C2=C(CO[Si](c2ccccc2)(c2ccccc2)C(C)(C)C)C[C@H]2C(=O)N(c4ccccc4)C(=O)[C@H]23)c2ccccc2)cc(C)c1O. The molecule has 0 spiro atoms. The number of amides is 2. The molecule has 5 aromatic rings. The zero-order chi connectivity index (χ0) is 40.6. The fraction of sp³-hybridized carbons (Fsp3) is 0.294. The van der Waals surface area contributed by atoms with Crippen LogP contribution in [-0.4, -0.2) is 44.6 Å². The Bertz CT molecular complexity index is 2290. The van der Waals surface area contributed by atoms with Crippen molar-refractivity contribution in [1.29, 1.82) is 0 Å². The van der Waals surface area contributed by atoms with Crippen molar-refractivity contribution in [2.45, 2.75) is 65.0 Å². The summed E-state index contributed by atoms with van der Waals surface area (Å²) < 4.78 is 14.4. The van der Waals surface area contributed by atoms with Crippen LogP contribution in [0.3, 0.4) is 0 Å². The van der Waals surface area contributed by atoms with Gasteiger partial charge in [-0.15, -0.1) is 0 Å². The molecule has 2 saturated heterocycles. The van der Waals surface area contributed by atoms with Gasteiger partial charge < -0.3 is 14.3 Å². The van der Waals surface area contributed by atoms with E-state index in [1.807, 2.05) is 62.4 Å². The van der Waals surface area contributed by atoms with Crippen LogP contribution in [0.5, 0.6) is 5.75 Å². The molecule has 8 rings (SSSR count). The highest BCUT2D eigenvalue weighted by Gasteiger charge is 2.58. The number of aryl methyl sites for hydroxylation is 2. The fourth-order valence-electron chi connectivity index (χ4n) is 9.91. The summed E-state index contributed by atoms with van der Waals surface area (Å²) in [5.41, 5.74) is 7.86. The summed E-state index contributed by atoms with van der Waals surface area (Å²) in [6.07, 6.45) is 3.86. The highest BCUT2D eigenvalue weighted by molar-refractivity contribution is 6.99. The monoisotopic (exact) mass is 787 g/mol. The Morgan fingerprint density at radius 1 is 0.793 bits per heavy atom. The number of hydrogen-bond acceptors (Lipinski definition) is 5. The number of allylic oxidation sites excluding steroid dienone is 1. The third-order valence-corrected chi connectivity index (χ3v) is 17.6. The van der Waals surface area contributed by atoms with Crippen molar-refractivity contribution in [2.24, 2.45) is 17.8 Å². The average Bonchev–Trinajstić information content (AvgIpc) is 3.76. The van der Waals surface area contributed by atoms with Crippen LogP contribution in [-0.2, 0) is 18.8 Å². The van der Waals surface area contributed by atoms with Crippen molar-refractivity contribution in [1.82, 2.24) is 0 Å². The van der Waals surface area contributed by atoms with Gasteiger partial charge in [-0.25, -0.2) is 0 Å². The lowest BCUT2D eigenvalue weighted by atomic mass is 9.69. The summed E-state index contributed by atoms with van der Waals surface area (Å²) in [7, 11) is -2.93. The van der Waals surface area contributed by atoms with Crippen molar-refractivity contribution in [3.63, 3.8) is 0 Å². The van der Waals surface area contributed by atoms with Gasteiger partial charge in [0, 0.05) is 5.92 Å². The minimum atomic E-state index is -2.93. The van der Waals surface area contributed by atoms with Crippen LogP contribution in [0.2, 0.25) is 5.04 Å². The van der Waals surface area contributed by atoms with Gasteiger partial charge in [0.05, 0.1) is 36.8 Å². The zero-order valence-electron chi connectivity index (χ0n) is 34.2. The van der Waals surface area contributed by atoms with Gasteiger partial charge in [-0.3, -0.25) is 14.5 Å². The Morgan fingerprint density at radius 3 is 1.91 bits per heavy atom. The van der Waals surface area contributed by atoms with Gasteiger partial charge in [0.1, 0.15) is 5.75 Å². The Hall–Kier alpha value is -5.34. The van der Waals surface area contributed by atoms with Crippen molar-refractivity contribution in [3.8, 4) is 5.75 Å². The summed E-state index contributed by atoms with van der Waals surface area (Å²) >= 11 is 0. The molecule has 58 heavy (non-hydrogen) atoms. The van der Waals surface area contributed by atoms with Gasteiger partial charge in [0.15, 0.2) is 0 Å². The van der Waals surface area contributed by atoms with Crippen molar-refractivity contribution in [3.05, 3.63) is 167 Å². The van der Waals surface area contributed by atoms with E-state index in [1.54, 1.807) is 0 Å². The molecule has 2 heterocycles. The molecule has 2 fully saturated rings. The number of hydrogen-bond donors (Lipinski definition) is 1. The molecule has 4 atom stereocenters. The van der Waals surface area contributed by atoms with Gasteiger partial charge in [0.2, 0.25) is 11.8 Å². The van der Waals surface area contributed by atoms with E-state index in [9.17, 15) is 14.7 Å². The zero-order valence-corrected chi connectivity index (χ0v) is 35.2. The van der Waals surface area contributed by atoms with Gasteiger partial charge in [-0.1, -0.05) is 136 Å². The number of carbonyl (C=O) groups excluding carboxylic acids is 2. The Kier molecular flexibility index (Phi) is 11.0. The van der Waals surface area contributed by atoms with Gasteiger partial charge in [0.25, 0.3) is 8.32 Å². The van der Waals surface area contributed by atoms with E-state index in [0.29, 0.717) is 37.5 Å². The highest BCUT2D eigenvalue weighted by atomic mass is 28.4.